The lowest BCUT2D eigenvalue weighted by atomic mass is 10.1. The summed E-state index contributed by atoms with van der Waals surface area (Å²) >= 11 is 0. The highest BCUT2D eigenvalue weighted by atomic mass is 16.6. The van der Waals surface area contributed by atoms with Crippen LogP contribution in [-0.4, -0.2) is 37.2 Å². The summed E-state index contributed by atoms with van der Waals surface area (Å²) in [7, 11) is 0. The molecule has 0 aliphatic rings. The predicted octanol–water partition coefficient (Wildman–Crippen LogP) is 1.99. The molecule has 0 heterocycles. The minimum absolute atomic E-state index is 0.193. The van der Waals surface area contributed by atoms with E-state index in [2.05, 4.69) is 0 Å². The second-order valence-electron chi connectivity index (χ2n) is 4.38. The van der Waals surface area contributed by atoms with Crippen molar-refractivity contribution in [2.45, 2.75) is 59.0 Å². The summed E-state index contributed by atoms with van der Waals surface area (Å²) in [6, 6.07) is 0. The summed E-state index contributed by atoms with van der Waals surface area (Å²) in [5, 5.41) is 0. The molecule has 0 spiro atoms. The van der Waals surface area contributed by atoms with Crippen LogP contribution in [0.5, 0.6) is 0 Å². The van der Waals surface area contributed by atoms with Gasteiger partial charge in [-0.15, -0.1) is 0 Å². The number of hydrogen-bond acceptors (Lipinski definition) is 6. The van der Waals surface area contributed by atoms with E-state index in [1.165, 1.54) is 6.92 Å². The molecule has 1 unspecified atom stereocenters. The maximum atomic E-state index is 11.7. The van der Waals surface area contributed by atoms with Gasteiger partial charge in [-0.1, -0.05) is 13.8 Å². The van der Waals surface area contributed by atoms with E-state index >= 15 is 0 Å². The lowest BCUT2D eigenvalue weighted by Gasteiger charge is -2.15. The third-order valence-corrected chi connectivity index (χ3v) is 2.33. The van der Waals surface area contributed by atoms with E-state index in [1.54, 1.807) is 0 Å². The van der Waals surface area contributed by atoms with Gasteiger partial charge in [0.15, 0.2) is 6.10 Å². The Labute approximate surface area is 119 Å². The minimum Gasteiger partial charge on any atom is -0.466 e. The number of esters is 3. The van der Waals surface area contributed by atoms with Crippen LogP contribution in [-0.2, 0) is 28.6 Å². The molecule has 0 saturated heterocycles. The summed E-state index contributed by atoms with van der Waals surface area (Å²) in [6.07, 6.45) is 1.37. The molecule has 0 N–H and O–H groups in total. The van der Waals surface area contributed by atoms with Crippen LogP contribution in [0.4, 0.5) is 0 Å². The monoisotopic (exact) mass is 288 g/mol. The van der Waals surface area contributed by atoms with Crippen molar-refractivity contribution in [3.8, 4) is 0 Å². The lowest BCUT2D eigenvalue weighted by Crippen LogP contribution is -2.29. The Morgan fingerprint density at radius 3 is 2.15 bits per heavy atom. The predicted molar refractivity (Wildman–Crippen MR) is 71.9 cm³/mol. The van der Waals surface area contributed by atoms with Gasteiger partial charge in [0, 0.05) is 13.3 Å². The molecule has 0 aromatic rings. The normalized spacial score (nSPS) is 11.6. The molecule has 0 amide bonds. The Balaban J connectivity index is 4.12. The van der Waals surface area contributed by atoms with Gasteiger partial charge in [-0.25, -0.2) is 4.79 Å². The van der Waals surface area contributed by atoms with Crippen molar-refractivity contribution in [3.63, 3.8) is 0 Å². The van der Waals surface area contributed by atoms with Crippen LogP contribution in [0.1, 0.15) is 52.9 Å². The van der Waals surface area contributed by atoms with Crippen molar-refractivity contribution in [1.82, 2.24) is 0 Å². The molecular formula is C14H24O6. The Morgan fingerprint density at radius 2 is 1.60 bits per heavy atom. The summed E-state index contributed by atoms with van der Waals surface area (Å²) < 4.78 is 14.8. The van der Waals surface area contributed by atoms with Crippen molar-refractivity contribution < 1.29 is 28.6 Å². The molecule has 6 heteroatoms. The van der Waals surface area contributed by atoms with Gasteiger partial charge in [0.25, 0.3) is 0 Å². The first kappa shape index (κ1) is 18.4. The molecule has 1 atom stereocenters. The number of carbonyl (C=O) groups excluding carboxylic acids is 3. The Hall–Kier alpha value is -1.59. The SMILES string of the molecule is CCCOC(=O)CCCC(OC(C)=O)C(=O)OCCC. The molecular weight excluding hydrogens is 264 g/mol. The third kappa shape index (κ3) is 9.35. The van der Waals surface area contributed by atoms with E-state index in [9.17, 15) is 14.4 Å². The average Bonchev–Trinajstić information content (AvgIpc) is 2.40. The Bertz CT molecular complexity index is 313. The minimum atomic E-state index is -0.946. The maximum Gasteiger partial charge on any atom is 0.347 e. The van der Waals surface area contributed by atoms with E-state index < -0.39 is 18.0 Å². The van der Waals surface area contributed by atoms with Crippen molar-refractivity contribution >= 4 is 17.9 Å². The van der Waals surface area contributed by atoms with Crippen LogP contribution in [0.25, 0.3) is 0 Å². The Morgan fingerprint density at radius 1 is 1.00 bits per heavy atom. The highest BCUT2D eigenvalue weighted by Gasteiger charge is 2.23. The fraction of sp³-hybridized carbons (Fsp3) is 0.786. The molecule has 6 nitrogen and oxygen atoms in total. The number of rotatable bonds is 10. The molecule has 0 rings (SSSR count). The summed E-state index contributed by atoms with van der Waals surface area (Å²) in [4.78, 5) is 33.9. The van der Waals surface area contributed by atoms with Crippen LogP contribution in [0.15, 0.2) is 0 Å². The smallest absolute Gasteiger partial charge is 0.347 e. The van der Waals surface area contributed by atoms with Gasteiger partial charge in [-0.2, -0.15) is 0 Å². The van der Waals surface area contributed by atoms with Crippen LogP contribution >= 0.6 is 0 Å². The largest absolute Gasteiger partial charge is 0.466 e. The topological polar surface area (TPSA) is 78.9 Å². The van der Waals surface area contributed by atoms with Gasteiger partial charge in [-0.3, -0.25) is 9.59 Å². The first-order valence-electron chi connectivity index (χ1n) is 7.00. The van der Waals surface area contributed by atoms with Crippen molar-refractivity contribution in [3.05, 3.63) is 0 Å². The lowest BCUT2D eigenvalue weighted by molar-refractivity contribution is -0.167. The van der Waals surface area contributed by atoms with Crippen molar-refractivity contribution in [2.75, 3.05) is 13.2 Å². The van der Waals surface area contributed by atoms with Crippen LogP contribution < -0.4 is 0 Å². The molecule has 0 aromatic carbocycles. The zero-order valence-electron chi connectivity index (χ0n) is 12.5. The Kier molecular flexibility index (Phi) is 10.4. The van der Waals surface area contributed by atoms with Gasteiger partial charge in [0.2, 0.25) is 0 Å². The molecule has 0 aromatic heterocycles. The van der Waals surface area contributed by atoms with Crippen LogP contribution in [0.2, 0.25) is 0 Å². The van der Waals surface area contributed by atoms with Crippen molar-refractivity contribution in [1.29, 1.82) is 0 Å². The van der Waals surface area contributed by atoms with E-state index in [1.807, 2.05) is 13.8 Å². The molecule has 116 valence electrons. The molecule has 0 bridgehead atoms. The quantitative estimate of drug-likeness (QED) is 0.452. The van der Waals surface area contributed by atoms with Gasteiger partial charge in [-0.05, 0) is 25.7 Å². The summed E-state index contributed by atoms with van der Waals surface area (Å²) in [6.45, 7) is 5.70. The van der Waals surface area contributed by atoms with Crippen molar-refractivity contribution in [2.24, 2.45) is 0 Å². The summed E-state index contributed by atoms with van der Waals surface area (Å²) in [5.74, 6) is -1.42. The average molecular weight is 288 g/mol. The van der Waals surface area contributed by atoms with E-state index in [0.29, 0.717) is 19.4 Å². The third-order valence-electron chi connectivity index (χ3n) is 2.33. The van der Waals surface area contributed by atoms with E-state index in [4.69, 9.17) is 14.2 Å². The fourth-order valence-electron chi connectivity index (χ4n) is 1.44. The van der Waals surface area contributed by atoms with E-state index in [-0.39, 0.29) is 25.4 Å². The second-order valence-corrected chi connectivity index (χ2v) is 4.38. The van der Waals surface area contributed by atoms with Gasteiger partial charge < -0.3 is 14.2 Å². The number of ether oxygens (including phenoxy) is 3. The molecule has 0 aliphatic carbocycles. The molecule has 0 fully saturated rings. The standard InChI is InChI=1S/C14H24O6/c1-4-9-18-13(16)8-6-7-12(20-11(3)15)14(17)19-10-5-2/h12H,4-10H2,1-3H3. The second kappa shape index (κ2) is 11.3. The zero-order valence-corrected chi connectivity index (χ0v) is 12.5. The fourth-order valence-corrected chi connectivity index (χ4v) is 1.44. The first-order valence-corrected chi connectivity index (χ1v) is 7.00. The van der Waals surface area contributed by atoms with E-state index in [0.717, 1.165) is 6.42 Å². The highest BCUT2D eigenvalue weighted by molar-refractivity contribution is 5.78. The van der Waals surface area contributed by atoms with Gasteiger partial charge in [0.1, 0.15) is 0 Å². The number of carbonyl (C=O) groups is 3. The van der Waals surface area contributed by atoms with Gasteiger partial charge in [0.05, 0.1) is 13.2 Å². The van der Waals surface area contributed by atoms with Gasteiger partial charge >= 0.3 is 17.9 Å². The molecule has 0 radical (unpaired) electrons. The number of hydrogen-bond donors (Lipinski definition) is 0. The maximum absolute atomic E-state index is 11.7. The molecule has 20 heavy (non-hydrogen) atoms. The summed E-state index contributed by atoms with van der Waals surface area (Å²) in [5.41, 5.74) is 0. The molecule has 0 saturated carbocycles. The first-order chi connectivity index (χ1) is 9.51. The highest BCUT2D eigenvalue weighted by Crippen LogP contribution is 2.09. The zero-order chi connectivity index (χ0) is 15.4. The van der Waals surface area contributed by atoms with Crippen LogP contribution in [0.3, 0.4) is 0 Å². The molecule has 0 aliphatic heterocycles. The van der Waals surface area contributed by atoms with Crippen LogP contribution in [0, 0.1) is 0 Å².